The Bertz CT molecular complexity index is 397. The number of ether oxygens (including phenoxy) is 1. The minimum Gasteiger partial charge on any atom is -0.474 e. The van der Waals surface area contributed by atoms with Crippen LogP contribution in [0, 0.1) is 18.8 Å². The zero-order valence-corrected chi connectivity index (χ0v) is 12.2. The van der Waals surface area contributed by atoms with Gasteiger partial charge in [0, 0.05) is 17.6 Å². The Hall–Kier alpha value is -0.760. The fourth-order valence-corrected chi connectivity index (χ4v) is 3.14. The molecule has 1 aromatic rings. The number of pyridine rings is 1. The van der Waals surface area contributed by atoms with Crippen molar-refractivity contribution in [1.29, 1.82) is 0 Å². The van der Waals surface area contributed by atoms with Crippen LogP contribution in [0.4, 0.5) is 0 Å². The number of halogens is 1. The Labute approximate surface area is 115 Å². The molecule has 1 aliphatic carbocycles. The minimum atomic E-state index is 0.307. The van der Waals surface area contributed by atoms with Gasteiger partial charge in [-0.05, 0) is 49.7 Å². The number of hydrogen-bond acceptors (Lipinski definition) is 2. The first-order valence-corrected chi connectivity index (χ1v) is 7.30. The third kappa shape index (κ3) is 3.61. The molecule has 3 heteroatoms. The molecular weight excluding hydrogens is 246 g/mol. The van der Waals surface area contributed by atoms with Crippen molar-refractivity contribution in [3.8, 4) is 5.88 Å². The van der Waals surface area contributed by atoms with Crippen molar-refractivity contribution in [2.45, 2.75) is 52.0 Å². The molecule has 0 N–H and O–H groups in total. The lowest BCUT2D eigenvalue weighted by Crippen LogP contribution is -2.28. The molecule has 2 nitrogen and oxygen atoms in total. The molecule has 1 aliphatic rings. The number of rotatable bonds is 3. The number of nitrogens with zero attached hydrogens (tertiary/aromatic N) is 1. The highest BCUT2D eigenvalue weighted by atomic mass is 35.5. The molecule has 0 radical (unpaired) electrons. The lowest BCUT2D eigenvalue weighted by molar-refractivity contribution is 0.0965. The molecule has 0 amide bonds. The first-order valence-electron chi connectivity index (χ1n) is 6.77. The van der Waals surface area contributed by atoms with E-state index in [1.54, 1.807) is 0 Å². The Morgan fingerprint density at radius 3 is 2.50 bits per heavy atom. The molecule has 2 unspecified atom stereocenters. The van der Waals surface area contributed by atoms with Gasteiger partial charge in [0.2, 0.25) is 5.88 Å². The van der Waals surface area contributed by atoms with Crippen LogP contribution in [0.5, 0.6) is 5.88 Å². The van der Waals surface area contributed by atoms with Crippen LogP contribution in [0.1, 0.15) is 44.4 Å². The van der Waals surface area contributed by atoms with Gasteiger partial charge in [0.15, 0.2) is 0 Å². The molecule has 1 heterocycles. The van der Waals surface area contributed by atoms with E-state index >= 15 is 0 Å². The largest absolute Gasteiger partial charge is 0.474 e. The lowest BCUT2D eigenvalue weighted by Gasteiger charge is -2.31. The van der Waals surface area contributed by atoms with Gasteiger partial charge in [-0.2, -0.15) is 0 Å². The maximum Gasteiger partial charge on any atom is 0.214 e. The molecule has 100 valence electrons. The fraction of sp³-hybridized carbons (Fsp3) is 0.667. The van der Waals surface area contributed by atoms with Gasteiger partial charge in [-0.25, -0.2) is 4.98 Å². The first-order chi connectivity index (χ1) is 8.56. The lowest BCUT2D eigenvalue weighted by atomic mass is 9.82. The maximum atomic E-state index is 6.05. The van der Waals surface area contributed by atoms with Gasteiger partial charge in [0.1, 0.15) is 6.10 Å². The van der Waals surface area contributed by atoms with E-state index in [0.717, 1.165) is 41.8 Å². The van der Waals surface area contributed by atoms with Gasteiger partial charge in [-0.15, -0.1) is 11.6 Å². The van der Waals surface area contributed by atoms with Crippen molar-refractivity contribution >= 4 is 11.6 Å². The summed E-state index contributed by atoms with van der Waals surface area (Å²) >= 11 is 5.88. The van der Waals surface area contributed by atoms with Gasteiger partial charge in [0.05, 0.1) is 0 Å². The van der Waals surface area contributed by atoms with E-state index < -0.39 is 0 Å². The van der Waals surface area contributed by atoms with Crippen LogP contribution < -0.4 is 4.74 Å². The van der Waals surface area contributed by atoms with Crippen molar-refractivity contribution in [2.75, 3.05) is 0 Å². The van der Waals surface area contributed by atoms with E-state index in [0.29, 0.717) is 12.0 Å². The summed E-state index contributed by atoms with van der Waals surface area (Å²) in [5.41, 5.74) is 2.05. The fourth-order valence-electron chi connectivity index (χ4n) is 2.98. The van der Waals surface area contributed by atoms with E-state index in [1.807, 2.05) is 19.1 Å². The van der Waals surface area contributed by atoms with Gasteiger partial charge >= 0.3 is 0 Å². The Balaban J connectivity index is 2.06. The summed E-state index contributed by atoms with van der Waals surface area (Å²) in [4.78, 5) is 4.45. The van der Waals surface area contributed by atoms with Crippen LogP contribution >= 0.6 is 11.6 Å². The third-order valence-corrected chi connectivity index (χ3v) is 3.88. The van der Waals surface area contributed by atoms with E-state index in [9.17, 15) is 0 Å². The average molecular weight is 268 g/mol. The summed E-state index contributed by atoms with van der Waals surface area (Å²) in [7, 11) is 0. The summed E-state index contributed by atoms with van der Waals surface area (Å²) in [6, 6.07) is 3.97. The molecule has 0 bridgehead atoms. The summed E-state index contributed by atoms with van der Waals surface area (Å²) in [5.74, 6) is 2.74. The second-order valence-corrected chi connectivity index (χ2v) is 6.01. The molecule has 0 aromatic carbocycles. The predicted octanol–water partition coefficient (Wildman–Crippen LogP) is 4.33. The van der Waals surface area contributed by atoms with Crippen molar-refractivity contribution in [3.63, 3.8) is 0 Å². The minimum absolute atomic E-state index is 0.307. The molecule has 2 atom stereocenters. The molecular formula is C15H22ClNO. The van der Waals surface area contributed by atoms with E-state index in [2.05, 4.69) is 18.8 Å². The second kappa shape index (κ2) is 5.92. The van der Waals surface area contributed by atoms with E-state index in [-0.39, 0.29) is 0 Å². The Kier molecular flexibility index (Phi) is 4.50. The van der Waals surface area contributed by atoms with Crippen molar-refractivity contribution in [3.05, 3.63) is 23.4 Å². The van der Waals surface area contributed by atoms with Crippen LogP contribution in [0.2, 0.25) is 0 Å². The smallest absolute Gasteiger partial charge is 0.214 e. The Morgan fingerprint density at radius 1 is 1.22 bits per heavy atom. The molecule has 1 aromatic heterocycles. The number of hydrogen-bond donors (Lipinski definition) is 0. The monoisotopic (exact) mass is 267 g/mol. The number of aryl methyl sites for hydroxylation is 1. The molecule has 0 spiro atoms. The highest BCUT2D eigenvalue weighted by Crippen LogP contribution is 2.31. The normalized spacial score (nSPS) is 28.1. The van der Waals surface area contributed by atoms with Crippen LogP contribution in [0.15, 0.2) is 12.1 Å². The molecule has 18 heavy (non-hydrogen) atoms. The summed E-state index contributed by atoms with van der Waals surface area (Å²) < 4.78 is 6.05. The average Bonchev–Trinajstić information content (AvgIpc) is 2.26. The third-order valence-electron chi connectivity index (χ3n) is 3.57. The quantitative estimate of drug-likeness (QED) is 0.761. The summed E-state index contributed by atoms with van der Waals surface area (Å²) in [5, 5.41) is 0. The number of aromatic nitrogens is 1. The summed E-state index contributed by atoms with van der Waals surface area (Å²) in [6.07, 6.45) is 3.89. The zero-order valence-electron chi connectivity index (χ0n) is 11.4. The Morgan fingerprint density at radius 2 is 1.89 bits per heavy atom. The van der Waals surface area contributed by atoms with Crippen LogP contribution in [-0.2, 0) is 5.88 Å². The standard InChI is InChI=1S/C15H22ClNO/c1-10-4-11(2)6-14(5-10)18-15-8-13(9-16)7-12(3)17-15/h7-8,10-11,14H,4-6,9H2,1-3H3. The van der Waals surface area contributed by atoms with Crippen LogP contribution in [0.3, 0.4) is 0 Å². The van der Waals surface area contributed by atoms with Gasteiger partial charge in [0.25, 0.3) is 0 Å². The molecule has 1 fully saturated rings. The SMILES string of the molecule is Cc1cc(CCl)cc(OC2CC(C)CC(C)C2)n1. The molecule has 0 saturated heterocycles. The highest BCUT2D eigenvalue weighted by Gasteiger charge is 2.25. The van der Waals surface area contributed by atoms with Crippen LogP contribution in [0.25, 0.3) is 0 Å². The van der Waals surface area contributed by atoms with E-state index in [4.69, 9.17) is 16.3 Å². The van der Waals surface area contributed by atoms with Gasteiger partial charge in [-0.1, -0.05) is 13.8 Å². The molecule has 2 rings (SSSR count). The second-order valence-electron chi connectivity index (χ2n) is 5.75. The zero-order chi connectivity index (χ0) is 13.1. The van der Waals surface area contributed by atoms with Crippen LogP contribution in [-0.4, -0.2) is 11.1 Å². The topological polar surface area (TPSA) is 22.1 Å². The number of alkyl halides is 1. The summed E-state index contributed by atoms with van der Waals surface area (Å²) in [6.45, 7) is 6.59. The molecule has 0 aliphatic heterocycles. The van der Waals surface area contributed by atoms with Crippen molar-refractivity contribution < 1.29 is 4.74 Å². The van der Waals surface area contributed by atoms with Gasteiger partial charge in [-0.3, -0.25) is 0 Å². The molecule has 1 saturated carbocycles. The van der Waals surface area contributed by atoms with Crippen molar-refractivity contribution in [2.24, 2.45) is 11.8 Å². The van der Waals surface area contributed by atoms with Gasteiger partial charge < -0.3 is 4.74 Å². The maximum absolute atomic E-state index is 6.05. The van der Waals surface area contributed by atoms with Crippen molar-refractivity contribution in [1.82, 2.24) is 4.98 Å². The predicted molar refractivity (Wildman–Crippen MR) is 75.1 cm³/mol. The highest BCUT2D eigenvalue weighted by molar-refractivity contribution is 6.17. The first kappa shape index (κ1) is 13.7. The van der Waals surface area contributed by atoms with E-state index in [1.165, 1.54) is 6.42 Å².